The van der Waals surface area contributed by atoms with Crippen LogP contribution in [0.3, 0.4) is 0 Å². The largest absolute Gasteiger partial charge is 0.469 e. The van der Waals surface area contributed by atoms with Crippen molar-refractivity contribution in [3.63, 3.8) is 0 Å². The van der Waals surface area contributed by atoms with Crippen LogP contribution in [0.2, 0.25) is 0 Å². The van der Waals surface area contributed by atoms with E-state index < -0.39 is 150 Å². The molecule has 0 radical (unpaired) electrons. The molecule has 8 N–H and O–H groups in total. The topological polar surface area (TPSA) is 498 Å². The van der Waals surface area contributed by atoms with Crippen molar-refractivity contribution in [3.8, 4) is 0 Å². The first kappa shape index (κ1) is 121. The summed E-state index contributed by atoms with van der Waals surface area (Å²) in [6.07, 6.45) is -9.06. The number of rotatable bonds is 30. The quantitative estimate of drug-likeness (QED) is 0.00951. The van der Waals surface area contributed by atoms with Crippen molar-refractivity contribution in [3.05, 3.63) is 359 Å². The maximum atomic E-state index is 13.5. The Bertz CT molecular complexity index is 5510. The van der Waals surface area contributed by atoms with Gasteiger partial charge < -0.3 is 93.3 Å². The Labute approximate surface area is 860 Å². The first-order valence-corrected chi connectivity index (χ1v) is 46.0. The summed E-state index contributed by atoms with van der Waals surface area (Å²) < 4.78 is 71.8. The summed E-state index contributed by atoms with van der Waals surface area (Å²) >= 11 is 0. The van der Waals surface area contributed by atoms with Gasteiger partial charge in [-0.05, 0) is 139 Å². The van der Waals surface area contributed by atoms with Crippen LogP contribution in [0.25, 0.3) is 0 Å². The molecular weight excluding hydrogens is 1910 g/mol. The number of esters is 4. The second-order valence-corrected chi connectivity index (χ2v) is 35.4. The standard InChI is InChI=1S/2C31H35N3O8.C16H14N2O4.C15H22N2O4.C15H21NO4.CH4/c2*1-31(2,3)42-28(36)32-25(24-18-12-7-13-19-24)26(27(35)39-4)34(30(38)41-21-23-16-10-6-11-17-23)33-29(37)40-20-22-14-8-5-9-15-22;19-15(21-11-13-7-3-1-4-8-13)17-18-16(20)22-12-14-9-5-2-6-10-14;1-15(2,3)21-14(19)17-12(11(16)13(18)20-4)10-8-6-5-7-9-10;1-15(2,3)20-14(18)16-12(10-13(17)19-4)11-8-6-5-7-9-11;/h2*5-19,25-26H,20-21H2,1-4H3,(H,32,36)(H,33,37);1-10H,11-12H2;5-9,11-12H,16H2,1-4H3,(H,17,19);5-9,12H,10H2,1-4H3,(H,16,18);1H4/t25-,26+;25-,26-;;11-,12+;;/m10.0../s1. The van der Waals surface area contributed by atoms with Gasteiger partial charge >= 0.3 is 84.8 Å². The van der Waals surface area contributed by atoms with Crippen molar-refractivity contribution < 1.29 is 133 Å². The van der Waals surface area contributed by atoms with E-state index in [1.165, 1.54) is 14.2 Å². The number of amides is 10. The average molecular weight is 2040 g/mol. The summed E-state index contributed by atoms with van der Waals surface area (Å²) in [6.45, 7) is 20.3. The van der Waals surface area contributed by atoms with E-state index in [2.05, 4.69) is 51.8 Å². The fourth-order valence-corrected chi connectivity index (χ4v) is 12.6. The molecule has 148 heavy (non-hydrogen) atoms. The molecule has 0 aliphatic rings. The Kier molecular flexibility index (Phi) is 51.6. The normalized spacial score (nSPS) is 12.1. The Balaban J connectivity index is 0.000000338. The zero-order chi connectivity index (χ0) is 108. The van der Waals surface area contributed by atoms with Crippen LogP contribution in [-0.4, -0.2) is 164 Å². The summed E-state index contributed by atoms with van der Waals surface area (Å²) in [5.74, 6) is -2.92. The molecule has 7 atom stereocenters. The molecule has 790 valence electrons. The smallest absolute Gasteiger partial charge is 0.452 e. The van der Waals surface area contributed by atoms with Crippen LogP contribution in [0.5, 0.6) is 0 Å². The number of hydrogen-bond donors (Lipinski definition) is 7. The zero-order valence-corrected chi connectivity index (χ0v) is 84.7. The third-order valence-corrected chi connectivity index (χ3v) is 19.2. The van der Waals surface area contributed by atoms with Gasteiger partial charge in [0.25, 0.3) is 0 Å². The van der Waals surface area contributed by atoms with Crippen LogP contribution < -0.4 is 37.9 Å². The average Bonchev–Trinajstić information content (AvgIpc) is 0.801. The maximum Gasteiger partial charge on any atom is 0.452 e. The van der Waals surface area contributed by atoms with Crippen LogP contribution in [0.15, 0.2) is 314 Å². The van der Waals surface area contributed by atoms with E-state index in [0.29, 0.717) is 49.0 Å². The Morgan fingerprint density at radius 2 is 0.500 bits per heavy atom. The fourth-order valence-electron chi connectivity index (χ4n) is 12.6. The Morgan fingerprint density at radius 1 is 0.277 bits per heavy atom. The fraction of sp³-hybridized carbons (Fsp3) is 0.321. The molecule has 0 aliphatic carbocycles. The molecule has 10 aromatic carbocycles. The SMILES string of the molecule is C.COC(=O)CC(NC(=O)OC(C)(C)C)c1ccccc1.COC(=O)[C@@H](N)[C@H](NC(=O)OC(C)(C)C)c1ccccc1.COC(=O)[C@H]([C@@H](NC(=O)OC(C)(C)C)c1ccccc1)N(NC(=O)OCc1ccccc1)C(=O)OCc1ccccc1.COC(=O)[C@H]([C@H](NC(=O)OC(C)(C)C)c1ccccc1)N(NC(=O)OCc1ccccc1)C(=O)OCc1ccccc1.O=C(N=NC(=O)OCc1ccccc1)OCc1ccccc1. The summed E-state index contributed by atoms with van der Waals surface area (Å²) in [6, 6.07) is 80.7. The zero-order valence-electron chi connectivity index (χ0n) is 84.7. The molecule has 1 unspecified atom stereocenters. The lowest BCUT2D eigenvalue weighted by molar-refractivity contribution is -0.149. The molecule has 10 rings (SSSR count). The van der Waals surface area contributed by atoms with Crippen LogP contribution in [0.1, 0.15) is 177 Å². The van der Waals surface area contributed by atoms with Crippen LogP contribution in [0, 0.1) is 0 Å². The molecule has 39 heteroatoms. The number of carbonyl (C=O) groups is 14. The van der Waals surface area contributed by atoms with Crippen LogP contribution in [-0.2, 0) is 125 Å². The Hall–Kier alpha value is -17.3. The molecule has 39 nitrogen and oxygen atoms in total. The Morgan fingerprint density at radius 3 is 0.750 bits per heavy atom. The summed E-state index contributed by atoms with van der Waals surface area (Å²) in [5, 5.41) is 18.2. The van der Waals surface area contributed by atoms with E-state index >= 15 is 0 Å². The minimum absolute atomic E-state index is 0. The third-order valence-electron chi connectivity index (χ3n) is 19.2. The second-order valence-electron chi connectivity index (χ2n) is 35.4. The second kappa shape index (κ2) is 63.0. The number of carbonyl (C=O) groups excluding carboxylic acids is 14. The van der Waals surface area contributed by atoms with Crippen molar-refractivity contribution in [1.29, 1.82) is 0 Å². The summed E-state index contributed by atoms with van der Waals surface area (Å²) in [7, 11) is 4.80. The minimum Gasteiger partial charge on any atom is -0.469 e. The van der Waals surface area contributed by atoms with Gasteiger partial charge in [0.1, 0.15) is 68.1 Å². The lowest BCUT2D eigenvalue weighted by Crippen LogP contribution is -2.60. The minimum atomic E-state index is -1.64. The number of alkyl carbamates (subject to hydrolysis) is 4. The van der Waals surface area contributed by atoms with Gasteiger partial charge in [0, 0.05) is 0 Å². The van der Waals surface area contributed by atoms with Gasteiger partial charge in [0.15, 0.2) is 12.1 Å². The molecule has 0 saturated heterocycles. The number of ether oxygens (including phenoxy) is 14. The maximum absolute atomic E-state index is 13.5. The number of benzene rings is 10. The van der Waals surface area contributed by atoms with Crippen molar-refractivity contribution in [1.82, 2.24) is 42.1 Å². The molecule has 10 aromatic rings. The van der Waals surface area contributed by atoms with E-state index in [-0.39, 0.29) is 53.5 Å². The van der Waals surface area contributed by atoms with Gasteiger partial charge in [0.05, 0.1) is 59.0 Å². The van der Waals surface area contributed by atoms with Crippen LogP contribution >= 0.6 is 0 Å². The van der Waals surface area contributed by atoms with Gasteiger partial charge in [-0.3, -0.25) is 9.59 Å². The molecule has 0 aromatic heterocycles. The highest BCUT2D eigenvalue weighted by atomic mass is 16.6. The molecule has 0 heterocycles. The lowest BCUT2D eigenvalue weighted by Gasteiger charge is -2.34. The van der Waals surface area contributed by atoms with Crippen LogP contribution in [0.4, 0.5) is 47.9 Å². The summed E-state index contributed by atoms with van der Waals surface area (Å²) in [4.78, 5) is 175. The highest BCUT2D eigenvalue weighted by Crippen LogP contribution is 2.29. The predicted molar refractivity (Wildman–Crippen MR) is 544 cm³/mol. The molecule has 0 spiro atoms. The number of nitrogens with one attached hydrogen (secondary N) is 6. The first-order chi connectivity index (χ1) is 69.9. The highest BCUT2D eigenvalue weighted by molar-refractivity contribution is 5.87. The number of hydrazine groups is 2. The number of methoxy groups -OCH3 is 4. The van der Waals surface area contributed by atoms with Crippen molar-refractivity contribution in [2.75, 3.05) is 28.4 Å². The van der Waals surface area contributed by atoms with E-state index in [1.54, 1.807) is 289 Å². The van der Waals surface area contributed by atoms with E-state index in [1.807, 2.05) is 97.1 Å². The van der Waals surface area contributed by atoms with Crippen molar-refractivity contribution in [2.24, 2.45) is 16.0 Å². The molecule has 0 aliphatic heterocycles. The van der Waals surface area contributed by atoms with Gasteiger partial charge in [-0.1, -0.05) is 321 Å². The lowest BCUT2D eigenvalue weighted by atomic mass is 9.99. The van der Waals surface area contributed by atoms with E-state index in [9.17, 15) is 67.1 Å². The molecule has 0 saturated carbocycles. The number of nitrogens with zero attached hydrogens (tertiary/aromatic N) is 4. The number of nitrogens with two attached hydrogens (primary N) is 1. The van der Waals surface area contributed by atoms with Gasteiger partial charge in [-0.25, -0.2) is 68.4 Å². The highest BCUT2D eigenvalue weighted by Gasteiger charge is 2.45. The monoisotopic (exact) mass is 2040 g/mol. The van der Waals surface area contributed by atoms with E-state index in [4.69, 9.17) is 62.6 Å². The van der Waals surface area contributed by atoms with Crippen molar-refractivity contribution in [2.45, 2.75) is 201 Å². The molecule has 0 fully saturated rings. The van der Waals surface area contributed by atoms with Crippen molar-refractivity contribution >= 4 is 84.8 Å². The molecular formula is C109H131N11O28. The van der Waals surface area contributed by atoms with Gasteiger partial charge in [-0.15, -0.1) is 0 Å². The van der Waals surface area contributed by atoms with E-state index in [0.717, 1.165) is 30.9 Å². The van der Waals surface area contributed by atoms with Gasteiger partial charge in [0.2, 0.25) is 0 Å². The first-order valence-electron chi connectivity index (χ1n) is 46.0. The number of azo groups is 1. The number of hydrogen-bond acceptors (Lipinski definition) is 29. The predicted octanol–water partition coefficient (Wildman–Crippen LogP) is 19.9. The molecule has 10 amide bonds. The van der Waals surface area contributed by atoms with Gasteiger partial charge in [-0.2, -0.15) is 10.0 Å². The molecule has 0 bridgehead atoms. The third kappa shape index (κ3) is 47.8. The summed E-state index contributed by atoms with van der Waals surface area (Å²) in [5.41, 5.74) is 14.3.